The van der Waals surface area contributed by atoms with Crippen molar-refractivity contribution >= 4 is 23.1 Å². The predicted octanol–water partition coefficient (Wildman–Crippen LogP) is 3.80. The number of fused-ring (bicyclic) bond motifs is 1. The van der Waals surface area contributed by atoms with Crippen molar-refractivity contribution in [1.29, 1.82) is 0 Å². The van der Waals surface area contributed by atoms with Crippen LogP contribution < -0.4 is 0 Å². The van der Waals surface area contributed by atoms with Crippen LogP contribution in [0.5, 0.6) is 0 Å². The number of nitrogens with zero attached hydrogens (tertiary/aromatic N) is 2. The standard InChI is InChI=1S/C16H12N2/c1-2-6-16-14(5-1)8-10-15(18-16)9-7-13-4-3-11-17-12-13/h1-12H/b9-7-. The van der Waals surface area contributed by atoms with Crippen molar-refractivity contribution in [2.75, 3.05) is 0 Å². The molecule has 0 unspecified atom stereocenters. The second-order valence-electron chi connectivity index (χ2n) is 4.05. The van der Waals surface area contributed by atoms with Gasteiger partial charge in [-0.1, -0.05) is 36.4 Å². The highest BCUT2D eigenvalue weighted by atomic mass is 14.7. The lowest BCUT2D eigenvalue weighted by Gasteiger charge is -1.98. The molecule has 0 N–H and O–H groups in total. The maximum Gasteiger partial charge on any atom is 0.0709 e. The van der Waals surface area contributed by atoms with Gasteiger partial charge in [0, 0.05) is 17.8 Å². The first-order valence-electron chi connectivity index (χ1n) is 5.86. The highest BCUT2D eigenvalue weighted by molar-refractivity contribution is 5.80. The molecule has 0 aliphatic heterocycles. The zero-order valence-electron chi connectivity index (χ0n) is 9.82. The van der Waals surface area contributed by atoms with E-state index in [1.54, 1.807) is 6.20 Å². The molecule has 0 amide bonds. The first-order chi connectivity index (χ1) is 8.92. The van der Waals surface area contributed by atoms with E-state index in [-0.39, 0.29) is 0 Å². The fourth-order valence-corrected chi connectivity index (χ4v) is 1.83. The molecule has 2 heteroatoms. The maximum atomic E-state index is 4.58. The Morgan fingerprint density at radius 2 is 1.78 bits per heavy atom. The van der Waals surface area contributed by atoms with E-state index in [4.69, 9.17) is 0 Å². The molecule has 1 aromatic carbocycles. The molecule has 0 saturated carbocycles. The summed E-state index contributed by atoms with van der Waals surface area (Å²) in [5, 5.41) is 1.16. The molecule has 0 aliphatic carbocycles. The second-order valence-corrected chi connectivity index (χ2v) is 4.05. The largest absolute Gasteiger partial charge is 0.264 e. The molecule has 2 heterocycles. The van der Waals surface area contributed by atoms with Crippen LogP contribution in [-0.4, -0.2) is 9.97 Å². The van der Waals surface area contributed by atoms with Crippen molar-refractivity contribution in [1.82, 2.24) is 9.97 Å². The fourth-order valence-electron chi connectivity index (χ4n) is 1.83. The minimum atomic E-state index is 0.956. The van der Waals surface area contributed by atoms with Crippen LogP contribution in [0.4, 0.5) is 0 Å². The van der Waals surface area contributed by atoms with Crippen molar-refractivity contribution in [2.45, 2.75) is 0 Å². The fraction of sp³-hybridized carbons (Fsp3) is 0. The summed E-state index contributed by atoms with van der Waals surface area (Å²) in [5.41, 5.74) is 3.05. The molecule has 18 heavy (non-hydrogen) atoms. The van der Waals surface area contributed by atoms with Crippen molar-refractivity contribution in [3.63, 3.8) is 0 Å². The Balaban J connectivity index is 1.93. The highest BCUT2D eigenvalue weighted by Gasteiger charge is 1.94. The van der Waals surface area contributed by atoms with E-state index in [1.807, 2.05) is 54.7 Å². The Kier molecular flexibility index (Phi) is 2.84. The van der Waals surface area contributed by atoms with Crippen LogP contribution in [0.2, 0.25) is 0 Å². The monoisotopic (exact) mass is 232 g/mol. The van der Waals surface area contributed by atoms with Crippen LogP contribution >= 0.6 is 0 Å². The van der Waals surface area contributed by atoms with Gasteiger partial charge in [0.25, 0.3) is 0 Å². The van der Waals surface area contributed by atoms with E-state index < -0.39 is 0 Å². The van der Waals surface area contributed by atoms with Gasteiger partial charge in [-0.3, -0.25) is 4.98 Å². The topological polar surface area (TPSA) is 25.8 Å². The predicted molar refractivity (Wildman–Crippen MR) is 74.9 cm³/mol. The van der Waals surface area contributed by atoms with Crippen LogP contribution in [0.15, 0.2) is 60.9 Å². The number of hydrogen-bond acceptors (Lipinski definition) is 2. The molecular weight excluding hydrogens is 220 g/mol. The average Bonchev–Trinajstić information content (AvgIpc) is 2.46. The van der Waals surface area contributed by atoms with E-state index >= 15 is 0 Å². The maximum absolute atomic E-state index is 4.58. The molecule has 0 spiro atoms. The summed E-state index contributed by atoms with van der Waals surface area (Å²) in [7, 11) is 0. The van der Waals surface area contributed by atoms with Gasteiger partial charge in [-0.2, -0.15) is 0 Å². The van der Waals surface area contributed by atoms with Crippen molar-refractivity contribution < 1.29 is 0 Å². The van der Waals surface area contributed by atoms with Crippen LogP contribution in [0, 0.1) is 0 Å². The molecule has 0 atom stereocenters. The molecule has 0 radical (unpaired) electrons. The van der Waals surface area contributed by atoms with Gasteiger partial charge in [0.2, 0.25) is 0 Å². The van der Waals surface area contributed by atoms with Gasteiger partial charge in [-0.05, 0) is 29.8 Å². The third kappa shape index (κ3) is 2.28. The molecule has 2 nitrogen and oxygen atoms in total. The normalized spacial score (nSPS) is 11.1. The molecule has 0 fully saturated rings. The minimum absolute atomic E-state index is 0.956. The zero-order chi connectivity index (χ0) is 12.2. The molecule has 2 aromatic heterocycles. The molecular formula is C16H12N2. The van der Waals surface area contributed by atoms with Gasteiger partial charge in [-0.15, -0.1) is 0 Å². The smallest absolute Gasteiger partial charge is 0.0709 e. The average molecular weight is 232 g/mol. The molecule has 3 rings (SSSR count). The Morgan fingerprint density at radius 1 is 0.833 bits per heavy atom. The van der Waals surface area contributed by atoms with E-state index in [0.717, 1.165) is 22.2 Å². The van der Waals surface area contributed by atoms with E-state index in [1.165, 1.54) is 0 Å². The van der Waals surface area contributed by atoms with E-state index in [9.17, 15) is 0 Å². The van der Waals surface area contributed by atoms with Crippen LogP contribution in [0.3, 0.4) is 0 Å². The summed E-state index contributed by atoms with van der Waals surface area (Å²) in [4.78, 5) is 8.66. The van der Waals surface area contributed by atoms with Crippen molar-refractivity contribution in [3.8, 4) is 0 Å². The number of rotatable bonds is 2. The molecule has 86 valence electrons. The lowest BCUT2D eigenvalue weighted by Crippen LogP contribution is -1.82. The van der Waals surface area contributed by atoms with Gasteiger partial charge in [-0.25, -0.2) is 4.98 Å². The Labute approximate surface area is 106 Å². The quantitative estimate of drug-likeness (QED) is 0.671. The van der Waals surface area contributed by atoms with Gasteiger partial charge in [0.15, 0.2) is 0 Å². The first-order valence-corrected chi connectivity index (χ1v) is 5.86. The number of benzene rings is 1. The van der Waals surface area contributed by atoms with Crippen molar-refractivity contribution in [3.05, 3.63) is 72.2 Å². The summed E-state index contributed by atoms with van der Waals surface area (Å²) in [6.07, 6.45) is 7.62. The molecule has 3 aromatic rings. The lowest BCUT2D eigenvalue weighted by molar-refractivity contribution is 1.32. The third-order valence-electron chi connectivity index (χ3n) is 2.75. The number of hydrogen-bond donors (Lipinski definition) is 0. The van der Waals surface area contributed by atoms with Gasteiger partial charge in [0.05, 0.1) is 11.2 Å². The summed E-state index contributed by atoms with van der Waals surface area (Å²) < 4.78 is 0. The minimum Gasteiger partial charge on any atom is -0.264 e. The summed E-state index contributed by atoms with van der Waals surface area (Å²) in [6, 6.07) is 16.2. The Bertz CT molecular complexity index is 688. The van der Waals surface area contributed by atoms with E-state index in [2.05, 4.69) is 22.1 Å². The molecule has 0 aliphatic rings. The summed E-state index contributed by atoms with van der Waals surface area (Å²) >= 11 is 0. The third-order valence-corrected chi connectivity index (χ3v) is 2.75. The van der Waals surface area contributed by atoms with Crippen LogP contribution in [0.1, 0.15) is 11.3 Å². The molecule has 0 bridgehead atoms. The SMILES string of the molecule is C(=C/c1ccc2ccccc2n1)/c1cccnc1. The zero-order valence-corrected chi connectivity index (χ0v) is 9.82. The first kappa shape index (κ1) is 10.7. The summed E-state index contributed by atoms with van der Waals surface area (Å²) in [5.74, 6) is 0. The van der Waals surface area contributed by atoms with Gasteiger partial charge in [0.1, 0.15) is 0 Å². The Morgan fingerprint density at radius 3 is 2.67 bits per heavy atom. The van der Waals surface area contributed by atoms with Gasteiger partial charge < -0.3 is 0 Å². The number of para-hydroxylation sites is 1. The van der Waals surface area contributed by atoms with Crippen molar-refractivity contribution in [2.24, 2.45) is 0 Å². The van der Waals surface area contributed by atoms with E-state index in [0.29, 0.717) is 0 Å². The number of aromatic nitrogens is 2. The van der Waals surface area contributed by atoms with Gasteiger partial charge >= 0.3 is 0 Å². The number of pyridine rings is 2. The highest BCUT2D eigenvalue weighted by Crippen LogP contribution is 2.13. The molecule has 0 saturated heterocycles. The van der Waals surface area contributed by atoms with Crippen LogP contribution in [-0.2, 0) is 0 Å². The summed E-state index contributed by atoms with van der Waals surface area (Å²) in [6.45, 7) is 0. The second kappa shape index (κ2) is 4.80. The lowest BCUT2D eigenvalue weighted by atomic mass is 10.2. The Hall–Kier alpha value is -2.48. The van der Waals surface area contributed by atoms with Crippen LogP contribution in [0.25, 0.3) is 23.1 Å².